The predicted molar refractivity (Wildman–Crippen MR) is 137 cm³/mol. The zero-order chi connectivity index (χ0) is 26.8. The van der Waals surface area contributed by atoms with E-state index in [9.17, 15) is 19.2 Å². The Morgan fingerprint density at radius 2 is 1.57 bits per heavy atom. The van der Waals surface area contributed by atoms with E-state index in [4.69, 9.17) is 18.9 Å². The lowest BCUT2D eigenvalue weighted by atomic mass is 10.2. The second-order valence-corrected chi connectivity index (χ2v) is 8.49. The molecule has 0 bridgehead atoms. The second kappa shape index (κ2) is 13.1. The predicted octanol–water partition coefficient (Wildman–Crippen LogP) is 3.52. The maximum absolute atomic E-state index is 12.4. The fraction of sp³-hybridized carbons (Fsp3) is 0.231. The van der Waals surface area contributed by atoms with Crippen LogP contribution in [0.4, 0.5) is 5.69 Å². The minimum Gasteiger partial charge on any atom is -0.497 e. The molecule has 0 aliphatic rings. The third-order valence-corrected chi connectivity index (χ3v) is 6.06. The topological polar surface area (TPSA) is 129 Å². The van der Waals surface area contributed by atoms with E-state index in [1.54, 1.807) is 19.1 Å². The van der Waals surface area contributed by atoms with Crippen LogP contribution in [-0.2, 0) is 19.1 Å². The highest BCUT2D eigenvalue weighted by Crippen LogP contribution is 2.35. The summed E-state index contributed by atoms with van der Waals surface area (Å²) in [5.74, 6) is -1.77. The van der Waals surface area contributed by atoms with Gasteiger partial charge in [0.2, 0.25) is 0 Å². The summed E-state index contributed by atoms with van der Waals surface area (Å²) in [4.78, 5) is 50.3. The zero-order valence-electron chi connectivity index (χ0n) is 20.5. The Bertz CT molecular complexity index is 1250. The number of anilines is 1. The van der Waals surface area contributed by atoms with Crippen molar-refractivity contribution in [2.75, 3.05) is 39.3 Å². The van der Waals surface area contributed by atoms with Crippen LogP contribution in [0.3, 0.4) is 0 Å². The first kappa shape index (κ1) is 27.2. The summed E-state index contributed by atoms with van der Waals surface area (Å²) in [5.41, 5.74) is 1.35. The summed E-state index contributed by atoms with van der Waals surface area (Å²) >= 11 is 1.18. The fourth-order valence-electron chi connectivity index (χ4n) is 3.15. The fourth-order valence-corrected chi connectivity index (χ4v) is 4.17. The molecule has 0 radical (unpaired) electrons. The number of ether oxygens (including phenoxy) is 4. The number of nitrogens with one attached hydrogen (secondary N) is 2. The van der Waals surface area contributed by atoms with Crippen LogP contribution in [-0.4, -0.2) is 57.7 Å². The molecule has 1 aromatic heterocycles. The maximum Gasteiger partial charge on any atom is 0.350 e. The van der Waals surface area contributed by atoms with Gasteiger partial charge in [-0.05, 0) is 30.7 Å². The van der Waals surface area contributed by atoms with Gasteiger partial charge in [-0.2, -0.15) is 0 Å². The molecule has 0 aliphatic carbocycles. The van der Waals surface area contributed by atoms with Crippen LogP contribution in [0.1, 0.15) is 27.0 Å². The van der Waals surface area contributed by atoms with E-state index in [0.29, 0.717) is 11.5 Å². The van der Waals surface area contributed by atoms with E-state index < -0.39 is 36.9 Å². The van der Waals surface area contributed by atoms with Crippen LogP contribution in [0.25, 0.3) is 10.4 Å². The van der Waals surface area contributed by atoms with Gasteiger partial charge in [-0.1, -0.05) is 30.3 Å². The highest BCUT2D eigenvalue weighted by Gasteiger charge is 2.21. The molecule has 2 aromatic carbocycles. The van der Waals surface area contributed by atoms with Crippen molar-refractivity contribution in [1.29, 1.82) is 0 Å². The van der Waals surface area contributed by atoms with Gasteiger partial charge in [0.25, 0.3) is 11.8 Å². The molecule has 0 spiro atoms. The molecule has 0 aliphatic heterocycles. The second-order valence-electron chi connectivity index (χ2n) is 7.43. The van der Waals surface area contributed by atoms with Crippen LogP contribution in [0.15, 0.2) is 54.6 Å². The van der Waals surface area contributed by atoms with Gasteiger partial charge >= 0.3 is 11.9 Å². The minimum absolute atomic E-state index is 0.177. The number of thiophene rings is 1. The van der Waals surface area contributed by atoms with Crippen molar-refractivity contribution in [3.63, 3.8) is 0 Å². The Morgan fingerprint density at radius 1 is 0.892 bits per heavy atom. The normalized spacial score (nSPS) is 10.2. The number of methoxy groups -OCH3 is 2. The number of hydrogen-bond donors (Lipinski definition) is 2. The molecule has 0 saturated carbocycles. The number of amides is 2. The largest absolute Gasteiger partial charge is 0.497 e. The van der Waals surface area contributed by atoms with Gasteiger partial charge in [-0.3, -0.25) is 14.4 Å². The molecular weight excluding hydrogens is 500 g/mol. The minimum atomic E-state index is -0.820. The summed E-state index contributed by atoms with van der Waals surface area (Å²) in [6.07, 6.45) is 0. The molecule has 0 saturated heterocycles. The maximum atomic E-state index is 12.4. The lowest BCUT2D eigenvalue weighted by Gasteiger charge is -2.10. The van der Waals surface area contributed by atoms with Gasteiger partial charge in [-0.25, -0.2) is 4.79 Å². The van der Waals surface area contributed by atoms with Crippen LogP contribution < -0.4 is 20.1 Å². The monoisotopic (exact) mass is 526 g/mol. The van der Waals surface area contributed by atoms with Gasteiger partial charge in [0.15, 0.2) is 6.61 Å². The van der Waals surface area contributed by atoms with Gasteiger partial charge in [0.1, 0.15) is 22.9 Å². The van der Waals surface area contributed by atoms with Crippen molar-refractivity contribution >= 4 is 40.8 Å². The van der Waals surface area contributed by atoms with Crippen molar-refractivity contribution in [3.05, 3.63) is 65.0 Å². The van der Waals surface area contributed by atoms with Crippen LogP contribution in [0, 0.1) is 0 Å². The van der Waals surface area contributed by atoms with Crippen LogP contribution >= 0.6 is 11.3 Å². The standard InChI is InChI=1S/C26H26N2O8S/c1-4-35-26(32)24-20(13-21(37-24)16-8-6-5-7-9-16)28-22(29)15-36-23(30)14-27-25(31)17-10-18(33-2)12-19(11-17)34-3/h5-13H,4,14-15H2,1-3H3,(H,27,31)(H,28,29). The van der Waals surface area contributed by atoms with Crippen molar-refractivity contribution < 1.29 is 38.1 Å². The summed E-state index contributed by atoms with van der Waals surface area (Å²) in [7, 11) is 2.90. The van der Waals surface area contributed by atoms with Crippen molar-refractivity contribution in [2.24, 2.45) is 0 Å². The van der Waals surface area contributed by atoms with E-state index in [-0.39, 0.29) is 22.7 Å². The number of carbonyl (C=O) groups excluding carboxylic acids is 4. The first-order valence-electron chi connectivity index (χ1n) is 11.2. The first-order valence-corrected chi connectivity index (χ1v) is 12.0. The number of benzene rings is 2. The Morgan fingerprint density at radius 3 is 2.19 bits per heavy atom. The molecule has 2 N–H and O–H groups in total. The molecule has 3 rings (SSSR count). The van der Waals surface area contributed by atoms with Crippen molar-refractivity contribution in [2.45, 2.75) is 6.92 Å². The molecule has 37 heavy (non-hydrogen) atoms. The highest BCUT2D eigenvalue weighted by atomic mass is 32.1. The molecule has 3 aromatic rings. The van der Waals surface area contributed by atoms with Gasteiger partial charge < -0.3 is 29.6 Å². The molecule has 2 amide bonds. The molecule has 0 fully saturated rings. The van der Waals surface area contributed by atoms with Gasteiger partial charge in [-0.15, -0.1) is 11.3 Å². The van der Waals surface area contributed by atoms with Crippen molar-refractivity contribution in [3.8, 4) is 21.9 Å². The van der Waals surface area contributed by atoms with E-state index in [0.717, 1.165) is 10.4 Å². The number of hydrogen-bond acceptors (Lipinski definition) is 9. The van der Waals surface area contributed by atoms with Crippen LogP contribution in [0.5, 0.6) is 11.5 Å². The summed E-state index contributed by atoms with van der Waals surface area (Å²) in [6, 6.07) is 15.6. The van der Waals surface area contributed by atoms with Crippen molar-refractivity contribution in [1.82, 2.24) is 5.32 Å². The average Bonchev–Trinajstić information content (AvgIpc) is 3.34. The van der Waals surface area contributed by atoms with E-state index in [1.165, 1.54) is 37.7 Å². The first-order chi connectivity index (χ1) is 17.8. The summed E-state index contributed by atoms with van der Waals surface area (Å²) in [5, 5.41) is 5.01. The number of esters is 2. The molecular formula is C26H26N2O8S. The Kier molecular flexibility index (Phi) is 9.61. The van der Waals surface area contributed by atoms with Gasteiger partial charge in [0.05, 0.1) is 26.5 Å². The van der Waals surface area contributed by atoms with Gasteiger partial charge in [0, 0.05) is 16.5 Å². The molecule has 194 valence electrons. The molecule has 11 heteroatoms. The Balaban J connectivity index is 1.57. The average molecular weight is 527 g/mol. The summed E-state index contributed by atoms with van der Waals surface area (Å²) in [6.45, 7) is 0.790. The third-order valence-electron chi connectivity index (χ3n) is 4.90. The highest BCUT2D eigenvalue weighted by molar-refractivity contribution is 7.18. The summed E-state index contributed by atoms with van der Waals surface area (Å²) < 4.78 is 20.3. The number of rotatable bonds is 11. The molecule has 0 unspecified atom stereocenters. The third kappa shape index (κ3) is 7.55. The molecule has 1 heterocycles. The molecule has 0 atom stereocenters. The molecule has 10 nitrogen and oxygen atoms in total. The zero-order valence-corrected chi connectivity index (χ0v) is 21.3. The van der Waals surface area contributed by atoms with E-state index in [1.807, 2.05) is 30.3 Å². The van der Waals surface area contributed by atoms with E-state index in [2.05, 4.69) is 10.6 Å². The Hall–Kier alpha value is -4.38. The smallest absolute Gasteiger partial charge is 0.350 e. The van der Waals surface area contributed by atoms with E-state index >= 15 is 0 Å². The quantitative estimate of drug-likeness (QED) is 0.363. The lowest BCUT2D eigenvalue weighted by Crippen LogP contribution is -2.32. The van der Waals surface area contributed by atoms with Crippen LogP contribution in [0.2, 0.25) is 0 Å². The Labute approximate surface area is 217 Å². The SMILES string of the molecule is CCOC(=O)c1sc(-c2ccccc2)cc1NC(=O)COC(=O)CNC(=O)c1cc(OC)cc(OC)c1. The number of carbonyl (C=O) groups is 4. The lowest BCUT2D eigenvalue weighted by molar-refractivity contribution is -0.146.